The zero-order valence-electron chi connectivity index (χ0n) is 30.1. The van der Waals surface area contributed by atoms with Gasteiger partial charge in [-0.1, -0.05) is 60.7 Å². The van der Waals surface area contributed by atoms with Crippen LogP contribution in [0.2, 0.25) is 0 Å². The second kappa shape index (κ2) is 17.6. The predicted octanol–water partition coefficient (Wildman–Crippen LogP) is 4.45. The van der Waals surface area contributed by atoms with E-state index < -0.39 is 80.9 Å². The van der Waals surface area contributed by atoms with Gasteiger partial charge in [0.1, 0.15) is 24.7 Å². The van der Waals surface area contributed by atoms with Gasteiger partial charge >= 0.3 is 20.9 Å². The molecule has 4 atom stereocenters. The van der Waals surface area contributed by atoms with Crippen LogP contribution in [0.3, 0.4) is 0 Å². The lowest BCUT2D eigenvalue weighted by Crippen LogP contribution is -2.61. The molecule has 0 saturated carbocycles. The molecule has 5 amide bonds. The molecule has 2 fully saturated rings. The van der Waals surface area contributed by atoms with Gasteiger partial charge in [-0.3, -0.25) is 19.2 Å². The number of benzene rings is 3. The minimum atomic E-state index is -3.82. The molecule has 2 aliphatic rings. The number of fused-ring (bicyclic) bond motifs is 2. The highest BCUT2D eigenvalue weighted by Gasteiger charge is 2.45. The van der Waals surface area contributed by atoms with Crippen molar-refractivity contribution in [3.05, 3.63) is 106 Å². The van der Waals surface area contributed by atoms with Crippen LogP contribution in [0, 0.1) is 0 Å². The van der Waals surface area contributed by atoms with Gasteiger partial charge in [-0.2, -0.15) is 8.78 Å². The van der Waals surface area contributed by atoms with Crippen LogP contribution < -0.4 is 21.7 Å². The summed E-state index contributed by atoms with van der Waals surface area (Å²) < 4.78 is 48.7. The third kappa shape index (κ3) is 9.36. The van der Waals surface area contributed by atoms with Crippen molar-refractivity contribution in [3.8, 4) is 0 Å². The minimum Gasteiger partial charge on any atom is -0.447 e. The SMILES string of the molecule is CN1CC[C@H]2CC[C@@H](C(=O)N[C@@H](COC(N)=O)C(=O)NC(c3ccccc3)c3ccccc3)N2C(=O)[C@@H](NC(=O)c2cc3cc(C(F)(F)OP=O)ccc3s2)C1. The number of halogens is 2. The first-order valence-corrected chi connectivity index (χ1v) is 19.3. The lowest BCUT2D eigenvalue weighted by atomic mass is 9.98. The molecule has 2 aliphatic heterocycles. The molecule has 5 N–H and O–H groups in total. The summed E-state index contributed by atoms with van der Waals surface area (Å²) in [7, 11) is 0.619. The number of nitrogens with zero attached hydrogens (tertiary/aromatic N) is 2. The van der Waals surface area contributed by atoms with Crippen LogP contribution in [0.1, 0.15) is 51.7 Å². The molecule has 2 saturated heterocycles. The summed E-state index contributed by atoms with van der Waals surface area (Å²) in [5.41, 5.74) is 6.22. The smallest absolute Gasteiger partial charge is 0.404 e. The molecule has 1 aromatic heterocycles. The highest BCUT2D eigenvalue weighted by atomic mass is 32.1. The number of hydrogen-bond acceptors (Lipinski definition) is 10. The number of carbonyl (C=O) groups excluding carboxylic acids is 5. The van der Waals surface area contributed by atoms with Gasteiger partial charge in [-0.15, -0.1) is 11.3 Å². The van der Waals surface area contributed by atoms with Gasteiger partial charge in [-0.25, -0.2) is 13.9 Å². The first kappa shape index (κ1) is 40.3. The second-order valence-corrected chi connectivity index (χ2v) is 15.0. The van der Waals surface area contributed by atoms with E-state index in [0.29, 0.717) is 29.5 Å². The fourth-order valence-electron chi connectivity index (χ4n) is 7.07. The van der Waals surface area contributed by atoms with E-state index >= 15 is 0 Å². The summed E-state index contributed by atoms with van der Waals surface area (Å²) in [6.45, 7) is 0.0983. The topological polar surface area (TPSA) is 189 Å². The summed E-state index contributed by atoms with van der Waals surface area (Å²) in [6, 6.07) is 19.0. The molecule has 4 aromatic rings. The van der Waals surface area contributed by atoms with E-state index in [4.69, 9.17) is 10.5 Å². The Labute approximate surface area is 326 Å². The fourth-order valence-corrected chi connectivity index (χ4v) is 8.21. The van der Waals surface area contributed by atoms with Crippen molar-refractivity contribution < 1.29 is 46.6 Å². The zero-order valence-corrected chi connectivity index (χ0v) is 31.8. The molecule has 6 rings (SSSR count). The van der Waals surface area contributed by atoms with Gasteiger partial charge in [0, 0.05) is 17.3 Å². The molecule has 0 bridgehead atoms. The predicted molar refractivity (Wildman–Crippen MR) is 202 cm³/mol. The number of nitrogens with two attached hydrogens (primary N) is 1. The summed E-state index contributed by atoms with van der Waals surface area (Å²) >= 11 is 1.03. The van der Waals surface area contributed by atoms with Gasteiger partial charge in [0.05, 0.1) is 16.5 Å². The standard InChI is InChI=1S/C38H39F2N6O8PS/c1-45-17-16-26-13-14-29(34(48)43-28(21-53-37(41)51)33(47)44-32(22-8-4-2-5-9-22)23-10-6-3-7-11-23)46(26)36(50)27(20-45)42-35(49)31-19-24-18-25(12-15-30(24)56-31)38(39,40)54-55-52/h2-12,15,18-19,26-29,32H,13-14,16-17,20-21H2,1H3,(H2,41,51)(H,42,49)(H,43,48)(H,44,47)/t26-,27+,28+,29+/m1/s1. The van der Waals surface area contributed by atoms with E-state index in [1.54, 1.807) is 0 Å². The van der Waals surface area contributed by atoms with Crippen molar-refractivity contribution in [1.82, 2.24) is 25.8 Å². The Morgan fingerprint density at radius 1 is 0.964 bits per heavy atom. The van der Waals surface area contributed by atoms with Gasteiger partial charge in [0.2, 0.25) is 17.7 Å². The van der Waals surface area contributed by atoms with Gasteiger partial charge in [0.25, 0.3) is 5.91 Å². The molecule has 0 aliphatic carbocycles. The molecule has 0 radical (unpaired) electrons. The quantitative estimate of drug-likeness (QED) is 0.142. The lowest BCUT2D eigenvalue weighted by molar-refractivity contribution is -0.178. The molecule has 0 spiro atoms. The summed E-state index contributed by atoms with van der Waals surface area (Å²) in [5, 5.41) is 8.74. The monoisotopic (exact) mass is 808 g/mol. The molecular weight excluding hydrogens is 769 g/mol. The number of ether oxygens (including phenoxy) is 1. The molecule has 0 unspecified atom stereocenters. The molecule has 3 aromatic carbocycles. The Hall–Kier alpha value is -5.35. The maximum absolute atomic E-state index is 14.3. The largest absolute Gasteiger partial charge is 0.447 e. The Bertz CT molecular complexity index is 2050. The number of carbonyl (C=O) groups is 5. The Morgan fingerprint density at radius 2 is 1.64 bits per heavy atom. The number of hydrogen-bond donors (Lipinski definition) is 4. The molecular formula is C38H39F2N6O8PS. The molecule has 14 nitrogen and oxygen atoms in total. The number of likely N-dealkylation sites (N-methyl/N-ethyl adjacent to an activating group) is 1. The molecule has 18 heteroatoms. The zero-order chi connectivity index (χ0) is 40.0. The average Bonchev–Trinajstić information content (AvgIpc) is 3.82. The fraction of sp³-hybridized carbons (Fsp3) is 0.342. The Kier molecular flexibility index (Phi) is 12.7. The maximum Gasteiger partial charge on any atom is 0.404 e. The Balaban J connectivity index is 1.20. The van der Waals surface area contributed by atoms with Gasteiger partial charge in [-0.05, 0) is 73.6 Å². The molecule has 56 heavy (non-hydrogen) atoms. The maximum atomic E-state index is 14.3. The van der Waals surface area contributed by atoms with Gasteiger partial charge < -0.3 is 36.2 Å². The van der Waals surface area contributed by atoms with Crippen molar-refractivity contribution in [2.45, 2.75) is 55.6 Å². The van der Waals surface area contributed by atoms with Crippen molar-refractivity contribution in [1.29, 1.82) is 0 Å². The third-order valence-electron chi connectivity index (χ3n) is 9.81. The lowest BCUT2D eigenvalue weighted by Gasteiger charge is -2.38. The minimum absolute atomic E-state index is 0.118. The van der Waals surface area contributed by atoms with Crippen molar-refractivity contribution in [3.63, 3.8) is 0 Å². The summed E-state index contributed by atoms with van der Waals surface area (Å²) in [4.78, 5) is 71.0. The van der Waals surface area contributed by atoms with Crippen LogP contribution in [-0.4, -0.2) is 90.4 Å². The number of rotatable bonds is 13. The van der Waals surface area contributed by atoms with Crippen LogP contribution in [-0.2, 0) is 34.3 Å². The number of thiophene rings is 1. The van der Waals surface area contributed by atoms with Crippen LogP contribution in [0.5, 0.6) is 0 Å². The van der Waals surface area contributed by atoms with Crippen molar-refractivity contribution in [2.24, 2.45) is 5.73 Å². The van der Waals surface area contributed by atoms with Crippen LogP contribution in [0.15, 0.2) is 84.9 Å². The Morgan fingerprint density at radius 3 is 2.29 bits per heavy atom. The molecule has 294 valence electrons. The van der Waals surface area contributed by atoms with E-state index in [9.17, 15) is 37.3 Å². The second-order valence-electron chi connectivity index (χ2n) is 13.6. The summed E-state index contributed by atoms with van der Waals surface area (Å²) in [5.74, 6) is -2.44. The number of amides is 5. The van der Waals surface area contributed by atoms with Crippen LogP contribution in [0.25, 0.3) is 10.1 Å². The van der Waals surface area contributed by atoms with E-state index in [1.165, 1.54) is 17.0 Å². The number of alkyl halides is 2. The van der Waals surface area contributed by atoms with E-state index in [-0.39, 0.29) is 23.9 Å². The van der Waals surface area contributed by atoms with Crippen molar-refractivity contribution >= 4 is 59.8 Å². The highest BCUT2D eigenvalue weighted by Crippen LogP contribution is 2.36. The van der Waals surface area contributed by atoms with E-state index in [0.717, 1.165) is 34.6 Å². The first-order chi connectivity index (χ1) is 26.8. The number of nitrogens with one attached hydrogen (secondary N) is 3. The first-order valence-electron chi connectivity index (χ1n) is 17.7. The highest BCUT2D eigenvalue weighted by molar-refractivity contribution is 7.20. The average molecular weight is 809 g/mol. The van der Waals surface area contributed by atoms with E-state index in [1.807, 2.05) is 72.6 Å². The normalized spacial score (nSPS) is 19.5. The molecule has 3 heterocycles. The van der Waals surface area contributed by atoms with E-state index in [2.05, 4.69) is 20.5 Å². The number of primary amides is 1. The summed E-state index contributed by atoms with van der Waals surface area (Å²) in [6.07, 6.45) is -3.66. The van der Waals surface area contributed by atoms with Crippen LogP contribution >= 0.6 is 20.0 Å². The van der Waals surface area contributed by atoms with Gasteiger partial charge in [0.15, 0.2) is 0 Å². The van der Waals surface area contributed by atoms with Crippen molar-refractivity contribution in [2.75, 3.05) is 26.7 Å². The third-order valence-corrected chi connectivity index (χ3v) is 11.2. The van der Waals surface area contributed by atoms with Crippen LogP contribution in [0.4, 0.5) is 13.6 Å².